The van der Waals surface area contributed by atoms with Gasteiger partial charge in [0.15, 0.2) is 12.6 Å². The van der Waals surface area contributed by atoms with Gasteiger partial charge in [0, 0.05) is 6.42 Å². The van der Waals surface area contributed by atoms with E-state index in [1.165, 1.54) is 180 Å². The monoisotopic (exact) mass is 1040 g/mol. The Morgan fingerprint density at radius 1 is 0.479 bits per heavy atom. The average Bonchev–Trinajstić information content (AvgIpc) is 3.39. The highest BCUT2D eigenvalue weighted by molar-refractivity contribution is 5.76. The van der Waals surface area contributed by atoms with Crippen molar-refractivity contribution in [3.05, 3.63) is 24.3 Å². The van der Waals surface area contributed by atoms with Crippen LogP contribution in [0.2, 0.25) is 0 Å². The molecule has 2 saturated heterocycles. The van der Waals surface area contributed by atoms with E-state index >= 15 is 0 Å². The quantitative estimate of drug-likeness (QED) is 0.0204. The minimum absolute atomic E-state index is 0.241. The van der Waals surface area contributed by atoms with E-state index in [9.17, 15) is 45.6 Å². The van der Waals surface area contributed by atoms with Crippen LogP contribution < -0.4 is 5.32 Å². The number of unbranched alkanes of at least 4 members (excludes halogenated alkanes) is 33. The lowest BCUT2D eigenvalue weighted by atomic mass is 9.97. The molecule has 2 aliphatic heterocycles. The average molecular weight is 1040 g/mol. The second kappa shape index (κ2) is 45.5. The highest BCUT2D eigenvalue weighted by atomic mass is 16.7. The van der Waals surface area contributed by atoms with Crippen molar-refractivity contribution in [1.82, 2.24) is 5.32 Å². The van der Waals surface area contributed by atoms with Crippen LogP contribution in [0.3, 0.4) is 0 Å². The maximum atomic E-state index is 13.2. The molecule has 0 aromatic carbocycles. The van der Waals surface area contributed by atoms with Crippen LogP contribution >= 0.6 is 0 Å². The number of amides is 1. The molecule has 9 N–H and O–H groups in total. The molecule has 1 amide bonds. The Bertz CT molecular complexity index is 1320. The highest BCUT2D eigenvalue weighted by Gasteiger charge is 2.51. The molecular weight excluding hydrogens is 931 g/mol. The van der Waals surface area contributed by atoms with Crippen LogP contribution in [0.4, 0.5) is 0 Å². The van der Waals surface area contributed by atoms with Gasteiger partial charge in [0.1, 0.15) is 48.8 Å². The Hall–Kier alpha value is -1.53. The van der Waals surface area contributed by atoms with Crippen molar-refractivity contribution in [3.63, 3.8) is 0 Å². The Kier molecular flexibility index (Phi) is 42.1. The molecule has 2 heterocycles. The fourth-order valence-corrected chi connectivity index (χ4v) is 9.99. The van der Waals surface area contributed by atoms with E-state index in [2.05, 4.69) is 31.3 Å². The molecular formula is C59H111NO13. The largest absolute Gasteiger partial charge is 0.394 e. The smallest absolute Gasteiger partial charge is 0.220 e. The van der Waals surface area contributed by atoms with Crippen molar-refractivity contribution in [2.24, 2.45) is 0 Å². The summed E-state index contributed by atoms with van der Waals surface area (Å²) in [5, 5.41) is 87.1. The summed E-state index contributed by atoms with van der Waals surface area (Å²) < 4.78 is 22.8. The number of ether oxygens (including phenoxy) is 4. The first-order valence-electron chi connectivity index (χ1n) is 30.1. The van der Waals surface area contributed by atoms with Gasteiger partial charge in [0.25, 0.3) is 0 Å². The Labute approximate surface area is 443 Å². The van der Waals surface area contributed by atoms with Crippen LogP contribution in [-0.4, -0.2) is 140 Å². The van der Waals surface area contributed by atoms with Gasteiger partial charge in [-0.05, 0) is 44.9 Å². The molecule has 0 aliphatic carbocycles. The summed E-state index contributed by atoms with van der Waals surface area (Å²) in [6, 6.07) is -0.915. The Morgan fingerprint density at radius 2 is 0.863 bits per heavy atom. The molecule has 0 aromatic heterocycles. The van der Waals surface area contributed by atoms with Gasteiger partial charge in [-0.15, -0.1) is 0 Å². The number of carbonyl (C=O) groups excluding carboxylic acids is 1. The van der Waals surface area contributed by atoms with Crippen molar-refractivity contribution in [2.75, 3.05) is 19.8 Å². The first-order valence-corrected chi connectivity index (χ1v) is 30.1. The number of aliphatic hydroxyl groups excluding tert-OH is 8. The van der Waals surface area contributed by atoms with Crippen molar-refractivity contribution in [3.8, 4) is 0 Å². The summed E-state index contributed by atoms with van der Waals surface area (Å²) in [5.74, 6) is -0.241. The van der Waals surface area contributed by atoms with Crippen molar-refractivity contribution < 1.29 is 64.6 Å². The first-order chi connectivity index (χ1) is 35.6. The molecule has 0 spiro atoms. The van der Waals surface area contributed by atoms with Crippen molar-refractivity contribution >= 4 is 5.91 Å². The van der Waals surface area contributed by atoms with E-state index in [-0.39, 0.29) is 18.9 Å². The summed E-state index contributed by atoms with van der Waals surface area (Å²) in [4.78, 5) is 13.2. The Morgan fingerprint density at radius 3 is 1.30 bits per heavy atom. The fraction of sp³-hybridized carbons (Fsp3) is 0.915. The van der Waals surface area contributed by atoms with Crippen molar-refractivity contribution in [1.29, 1.82) is 0 Å². The van der Waals surface area contributed by atoms with Crippen LogP contribution in [0.25, 0.3) is 0 Å². The number of carbonyl (C=O) groups is 1. The van der Waals surface area contributed by atoms with E-state index in [1.54, 1.807) is 6.08 Å². The molecule has 14 heteroatoms. The Balaban J connectivity index is 1.77. The molecule has 12 unspecified atom stereocenters. The van der Waals surface area contributed by atoms with Gasteiger partial charge in [0.2, 0.25) is 5.91 Å². The molecule has 12 atom stereocenters. The van der Waals surface area contributed by atoms with E-state index in [1.807, 2.05) is 6.08 Å². The molecule has 14 nitrogen and oxygen atoms in total. The van der Waals surface area contributed by atoms with Crippen LogP contribution in [0.1, 0.15) is 251 Å². The second-order valence-corrected chi connectivity index (χ2v) is 21.5. The first kappa shape index (κ1) is 67.6. The number of allylic oxidation sites excluding steroid dienone is 3. The number of rotatable bonds is 48. The zero-order valence-corrected chi connectivity index (χ0v) is 46.1. The maximum absolute atomic E-state index is 13.2. The highest BCUT2D eigenvalue weighted by Crippen LogP contribution is 2.30. The third-order valence-corrected chi connectivity index (χ3v) is 14.9. The minimum Gasteiger partial charge on any atom is -0.394 e. The van der Waals surface area contributed by atoms with Crippen LogP contribution in [0.15, 0.2) is 24.3 Å². The molecule has 430 valence electrons. The van der Waals surface area contributed by atoms with Crippen molar-refractivity contribution in [2.45, 2.75) is 325 Å². The zero-order chi connectivity index (χ0) is 53.2. The number of hydrogen-bond acceptors (Lipinski definition) is 13. The summed E-state index contributed by atoms with van der Waals surface area (Å²) in [6.07, 6.45) is 36.4. The number of nitrogens with one attached hydrogen (secondary N) is 1. The lowest BCUT2D eigenvalue weighted by molar-refractivity contribution is -0.359. The van der Waals surface area contributed by atoms with Gasteiger partial charge in [0.05, 0.1) is 32.0 Å². The number of hydrogen-bond donors (Lipinski definition) is 9. The maximum Gasteiger partial charge on any atom is 0.220 e. The standard InChI is InChI=1S/C59H111NO13/c1-3-5-7-9-11-13-15-17-19-21-23-24-25-26-28-30-32-34-36-38-40-42-48(63)47(60-51(64)43-41-39-37-35-33-31-29-27-22-20-18-16-14-12-10-8-6-4-2)46-70-58-56(69)54(67)57(50(45-62)72-58)73-59-55(68)53(66)52(65)49(44-61)71-59/h20,22,40,42,47-50,52-59,61-63,65-69H,3-19,21,23-39,41,43-46H2,1-2H3,(H,60,64)/b22-20-,42-40+. The lowest BCUT2D eigenvalue weighted by Crippen LogP contribution is -2.65. The van der Waals surface area contributed by atoms with Gasteiger partial charge < -0.3 is 65.1 Å². The molecule has 2 aliphatic rings. The van der Waals surface area contributed by atoms with E-state index < -0.39 is 86.8 Å². The van der Waals surface area contributed by atoms with Gasteiger partial charge >= 0.3 is 0 Å². The normalized spacial score (nSPS) is 25.5. The third kappa shape index (κ3) is 31.5. The molecule has 0 bridgehead atoms. The lowest BCUT2D eigenvalue weighted by Gasteiger charge is -2.46. The second-order valence-electron chi connectivity index (χ2n) is 21.5. The number of aliphatic hydroxyl groups is 8. The zero-order valence-electron chi connectivity index (χ0n) is 46.1. The topological polar surface area (TPSA) is 228 Å². The molecule has 0 saturated carbocycles. The fourth-order valence-electron chi connectivity index (χ4n) is 9.99. The molecule has 0 radical (unpaired) electrons. The summed E-state index contributed by atoms with van der Waals surface area (Å²) in [5.41, 5.74) is 0. The van der Waals surface area contributed by atoms with E-state index in [4.69, 9.17) is 18.9 Å². The predicted molar refractivity (Wildman–Crippen MR) is 291 cm³/mol. The van der Waals surface area contributed by atoms with Gasteiger partial charge in [-0.25, -0.2) is 0 Å². The molecule has 0 aromatic rings. The molecule has 2 rings (SSSR count). The van der Waals surface area contributed by atoms with Gasteiger partial charge in [-0.2, -0.15) is 0 Å². The van der Waals surface area contributed by atoms with Gasteiger partial charge in [-0.3, -0.25) is 4.79 Å². The van der Waals surface area contributed by atoms with Crippen LogP contribution in [0, 0.1) is 0 Å². The molecule has 2 fully saturated rings. The SMILES string of the molecule is CCCCCCCCC/C=C\CCCCCCCCCC(=O)NC(COC1OC(CO)C(OC2OC(CO)C(O)C(O)C2O)C(O)C1O)C(O)/C=C/CCCCCCCCCCCCCCCCCCCCC. The summed E-state index contributed by atoms with van der Waals surface area (Å²) >= 11 is 0. The minimum atomic E-state index is -1.79. The summed E-state index contributed by atoms with van der Waals surface area (Å²) in [6.45, 7) is 2.82. The van der Waals surface area contributed by atoms with Crippen LogP contribution in [0.5, 0.6) is 0 Å². The molecule has 73 heavy (non-hydrogen) atoms. The van der Waals surface area contributed by atoms with Gasteiger partial charge in [-0.1, -0.05) is 224 Å². The van der Waals surface area contributed by atoms with Crippen LogP contribution in [-0.2, 0) is 23.7 Å². The van der Waals surface area contributed by atoms with E-state index in [0.29, 0.717) is 6.42 Å². The van der Waals surface area contributed by atoms with E-state index in [0.717, 1.165) is 44.9 Å². The predicted octanol–water partition coefficient (Wildman–Crippen LogP) is 10.1. The summed E-state index contributed by atoms with van der Waals surface area (Å²) in [7, 11) is 0. The third-order valence-electron chi connectivity index (χ3n) is 14.9.